The van der Waals surface area contributed by atoms with Crippen molar-refractivity contribution in [3.63, 3.8) is 0 Å². The van der Waals surface area contributed by atoms with Gasteiger partial charge >= 0.3 is 0 Å². The topological polar surface area (TPSA) is 48.3 Å². The molecule has 0 aliphatic rings. The van der Waals surface area contributed by atoms with Crippen LogP contribution in [0.15, 0.2) is 199 Å². The van der Waals surface area contributed by atoms with Crippen LogP contribution in [-0.4, -0.2) is 18.9 Å². The summed E-state index contributed by atoms with van der Waals surface area (Å²) in [6.45, 7) is 0. The Kier molecular flexibility index (Phi) is 6.36. The van der Waals surface area contributed by atoms with Gasteiger partial charge in [0.2, 0.25) is 0 Å². The summed E-state index contributed by atoms with van der Waals surface area (Å²) in [6, 6.07) is 69.7. The molecule has 15 rings (SSSR count). The molecule has 0 amide bonds. The van der Waals surface area contributed by atoms with Crippen molar-refractivity contribution < 1.29 is 4.42 Å². The summed E-state index contributed by atoms with van der Waals surface area (Å²) in [5, 5.41) is 11.5. The fourth-order valence-corrected chi connectivity index (χ4v) is 11.0. The van der Waals surface area contributed by atoms with E-state index in [2.05, 4.69) is 203 Å². The van der Waals surface area contributed by atoms with Crippen LogP contribution in [0.1, 0.15) is 0 Å². The van der Waals surface area contributed by atoms with E-state index in [-0.39, 0.29) is 0 Å². The average molecular weight is 801 g/mol. The van der Waals surface area contributed by atoms with Gasteiger partial charge in [0, 0.05) is 43.3 Å². The number of hydrogen-bond acceptors (Lipinski definition) is 3. The third-order valence-electron chi connectivity index (χ3n) is 13.6. The maximum atomic E-state index is 6.75. The molecule has 5 heterocycles. The van der Waals surface area contributed by atoms with Crippen LogP contribution in [0, 0.1) is 0 Å². The van der Waals surface area contributed by atoms with Crippen molar-refractivity contribution in [1.82, 2.24) is 18.9 Å². The Labute approximate surface area is 359 Å². The van der Waals surface area contributed by atoms with E-state index < -0.39 is 0 Å². The van der Waals surface area contributed by atoms with Crippen molar-refractivity contribution in [2.75, 3.05) is 0 Å². The largest absolute Gasteiger partial charge is 0.456 e. The van der Waals surface area contributed by atoms with Gasteiger partial charge in [-0.15, -0.1) is 0 Å². The molecule has 0 aliphatic carbocycles. The van der Waals surface area contributed by atoms with Crippen LogP contribution >= 0.6 is 0 Å². The van der Waals surface area contributed by atoms with Gasteiger partial charge < -0.3 is 8.82 Å². The smallest absolute Gasteiger partial charge is 0.165 e. The molecule has 0 fully saturated rings. The minimum atomic E-state index is 0.778. The summed E-state index contributed by atoms with van der Waals surface area (Å²) in [6.07, 6.45) is 0. The highest BCUT2D eigenvalue weighted by molar-refractivity contribution is 6.37. The van der Waals surface area contributed by atoms with E-state index >= 15 is 0 Å². The zero-order valence-electron chi connectivity index (χ0n) is 33.7. The van der Waals surface area contributed by atoms with Crippen LogP contribution in [-0.2, 0) is 0 Å². The van der Waals surface area contributed by atoms with E-state index in [1.54, 1.807) is 0 Å². The monoisotopic (exact) mass is 800 g/mol. The summed E-state index contributed by atoms with van der Waals surface area (Å²) in [5.74, 6) is 0.778. The first kappa shape index (κ1) is 33.2. The first-order valence-electron chi connectivity index (χ1n) is 21.5. The molecular weight excluding hydrogens is 769 g/mol. The van der Waals surface area contributed by atoms with Crippen molar-refractivity contribution in [3.8, 4) is 39.3 Å². The molecule has 0 aliphatic heterocycles. The number of aromatic nitrogens is 4. The van der Waals surface area contributed by atoms with Crippen LogP contribution in [0.2, 0.25) is 0 Å². The van der Waals surface area contributed by atoms with Crippen molar-refractivity contribution in [1.29, 1.82) is 0 Å². The van der Waals surface area contributed by atoms with Gasteiger partial charge in [-0.3, -0.25) is 4.57 Å². The number of rotatable bonds is 4. The van der Waals surface area contributed by atoms with Gasteiger partial charge in [0.1, 0.15) is 16.9 Å². The number of benzene rings is 10. The number of nitrogens with zero attached hydrogens (tertiary/aromatic N) is 4. The molecule has 0 bridgehead atoms. The normalized spacial score (nSPS) is 12.4. The second-order valence-corrected chi connectivity index (χ2v) is 16.8. The lowest BCUT2D eigenvalue weighted by molar-refractivity contribution is 0.669. The molecule has 5 aromatic heterocycles. The molecule has 0 atom stereocenters. The molecular formula is C58H32N4O. The van der Waals surface area contributed by atoms with E-state index in [1.807, 2.05) is 0 Å². The lowest BCUT2D eigenvalue weighted by atomic mass is 9.92. The van der Waals surface area contributed by atoms with E-state index in [4.69, 9.17) is 14.4 Å². The van der Waals surface area contributed by atoms with Gasteiger partial charge in [-0.2, -0.15) is 0 Å². The quantitative estimate of drug-likeness (QED) is 0.167. The highest BCUT2D eigenvalue weighted by atomic mass is 16.3. The Bertz CT molecular complexity index is 4370. The van der Waals surface area contributed by atoms with Gasteiger partial charge in [0.25, 0.3) is 0 Å². The molecule has 15 aromatic rings. The second kappa shape index (κ2) is 12.1. The summed E-state index contributed by atoms with van der Waals surface area (Å²) < 4.78 is 11.6. The first-order valence-corrected chi connectivity index (χ1v) is 21.5. The second-order valence-electron chi connectivity index (χ2n) is 16.8. The molecule has 0 saturated carbocycles. The molecule has 0 N–H and O–H groups in total. The van der Waals surface area contributed by atoms with Crippen LogP contribution in [0.5, 0.6) is 0 Å². The van der Waals surface area contributed by atoms with Crippen LogP contribution in [0.25, 0.3) is 143 Å². The maximum absolute atomic E-state index is 6.75. The van der Waals surface area contributed by atoms with E-state index in [0.29, 0.717) is 0 Å². The zero-order chi connectivity index (χ0) is 40.9. The third kappa shape index (κ3) is 4.30. The summed E-state index contributed by atoms with van der Waals surface area (Å²) >= 11 is 0. The van der Waals surface area contributed by atoms with Crippen molar-refractivity contribution in [2.45, 2.75) is 0 Å². The molecule has 0 unspecified atom stereocenters. The Morgan fingerprint density at radius 2 is 0.952 bits per heavy atom. The Morgan fingerprint density at radius 1 is 0.349 bits per heavy atom. The molecule has 5 heteroatoms. The molecule has 63 heavy (non-hydrogen) atoms. The summed E-state index contributed by atoms with van der Waals surface area (Å²) in [4.78, 5) is 11.8. The molecule has 0 radical (unpaired) electrons. The third-order valence-corrected chi connectivity index (χ3v) is 13.6. The van der Waals surface area contributed by atoms with Crippen molar-refractivity contribution in [2.24, 2.45) is 0 Å². The fourth-order valence-electron chi connectivity index (χ4n) is 11.0. The van der Waals surface area contributed by atoms with E-state index in [1.165, 1.54) is 27.2 Å². The molecule has 290 valence electrons. The minimum absolute atomic E-state index is 0.778. The number of para-hydroxylation sites is 1. The van der Waals surface area contributed by atoms with E-state index in [9.17, 15) is 0 Å². The predicted octanol–water partition coefficient (Wildman–Crippen LogP) is 15.4. The minimum Gasteiger partial charge on any atom is -0.456 e. The summed E-state index contributed by atoms with van der Waals surface area (Å²) in [5.41, 5.74) is 15.5. The Hall–Kier alpha value is -8.54. The number of furan rings is 1. The Morgan fingerprint density at radius 3 is 1.73 bits per heavy atom. The van der Waals surface area contributed by atoms with Gasteiger partial charge in [-0.05, 0) is 81.6 Å². The van der Waals surface area contributed by atoms with Gasteiger partial charge in [-0.25, -0.2) is 9.97 Å². The molecule has 0 spiro atoms. The van der Waals surface area contributed by atoms with Crippen molar-refractivity contribution >= 4 is 104 Å². The molecule has 5 nitrogen and oxygen atoms in total. The van der Waals surface area contributed by atoms with Crippen LogP contribution < -0.4 is 0 Å². The van der Waals surface area contributed by atoms with Crippen LogP contribution in [0.3, 0.4) is 0 Å². The predicted molar refractivity (Wildman–Crippen MR) is 261 cm³/mol. The number of fused-ring (bicyclic) bond motifs is 10. The van der Waals surface area contributed by atoms with Gasteiger partial charge in [-0.1, -0.05) is 146 Å². The first-order chi connectivity index (χ1) is 31.3. The summed E-state index contributed by atoms with van der Waals surface area (Å²) in [7, 11) is 0. The highest BCUT2D eigenvalue weighted by Crippen LogP contribution is 2.50. The van der Waals surface area contributed by atoms with Gasteiger partial charge in [0.15, 0.2) is 5.82 Å². The van der Waals surface area contributed by atoms with Gasteiger partial charge in [0.05, 0.1) is 44.0 Å². The Balaban J connectivity index is 1.16. The lowest BCUT2D eigenvalue weighted by Crippen LogP contribution is -2.05. The fraction of sp³-hybridized carbons (Fsp3) is 0. The van der Waals surface area contributed by atoms with Crippen LogP contribution in [0.4, 0.5) is 0 Å². The van der Waals surface area contributed by atoms with E-state index in [0.717, 1.165) is 116 Å². The lowest BCUT2D eigenvalue weighted by Gasteiger charge is -2.19. The number of hydrogen-bond donors (Lipinski definition) is 0. The highest BCUT2D eigenvalue weighted by Gasteiger charge is 2.29. The molecule has 10 aromatic carbocycles. The standard InChI is InChI=1S/C58H32N4O/c1-3-14-33(15-4-1)35-26-27-41(43(32-35)34-16-5-2-6-17-34)56-58(60-55-40-22-10-8-19-37(40)36-18-7-9-21-39(36)54(55)59-56)62-46-25-13-24-45-50(46)51-47(62)29-31-48-52(51)53-49(63-48)30-28-42-38-20-11-12-23-44(38)61(45)57(42)53/h1-32H. The van der Waals surface area contributed by atoms with Crippen molar-refractivity contribution in [3.05, 3.63) is 194 Å². The average Bonchev–Trinajstić information content (AvgIpc) is 3.98. The molecule has 0 saturated heterocycles. The SMILES string of the molecule is c1ccc(-c2ccc(-c3nc4c5ccccc5c5ccccc5c4nc3-n3c4ccc5oc6ccc7c8ccccc8n8c9cccc3c9c4c5c6c78)c(-c3ccccc3)c2)cc1. The zero-order valence-corrected chi connectivity index (χ0v) is 33.7. The maximum Gasteiger partial charge on any atom is 0.165 e.